The van der Waals surface area contributed by atoms with E-state index in [0.717, 1.165) is 39.1 Å². The minimum Gasteiger partial charge on any atom is -0.379 e. The van der Waals surface area contributed by atoms with Crippen molar-refractivity contribution in [2.45, 2.75) is 44.5 Å². The standard InChI is InChI=1S/C15H28F3N3O/c1-13(2)21-10-8-19(9-11-21)5-3-6-20-7-4-14(22,12-20)15(16,17)18/h13,22H,3-12H2,1-2H3/t14-/m0/s1. The van der Waals surface area contributed by atoms with Crippen molar-refractivity contribution >= 4 is 0 Å². The summed E-state index contributed by atoms with van der Waals surface area (Å²) >= 11 is 0. The molecule has 1 atom stereocenters. The summed E-state index contributed by atoms with van der Waals surface area (Å²) in [6.45, 7) is 10.2. The van der Waals surface area contributed by atoms with E-state index in [0.29, 0.717) is 19.1 Å². The van der Waals surface area contributed by atoms with Gasteiger partial charge in [0.1, 0.15) is 0 Å². The van der Waals surface area contributed by atoms with Gasteiger partial charge < -0.3 is 10.0 Å². The van der Waals surface area contributed by atoms with E-state index in [1.807, 2.05) is 0 Å². The van der Waals surface area contributed by atoms with Crippen LogP contribution in [0.25, 0.3) is 0 Å². The predicted molar refractivity (Wildman–Crippen MR) is 79.8 cm³/mol. The number of hydrogen-bond donors (Lipinski definition) is 1. The fourth-order valence-corrected chi connectivity index (χ4v) is 3.31. The summed E-state index contributed by atoms with van der Waals surface area (Å²) in [5.74, 6) is 0. The minimum absolute atomic E-state index is 0.205. The molecule has 2 aliphatic heterocycles. The lowest BCUT2D eigenvalue weighted by atomic mass is 10.0. The lowest BCUT2D eigenvalue weighted by molar-refractivity contribution is -0.253. The number of alkyl halides is 3. The van der Waals surface area contributed by atoms with Crippen molar-refractivity contribution in [3.8, 4) is 0 Å². The van der Waals surface area contributed by atoms with Gasteiger partial charge in [0.2, 0.25) is 0 Å². The molecule has 1 N–H and O–H groups in total. The number of halogens is 3. The summed E-state index contributed by atoms with van der Waals surface area (Å²) in [4.78, 5) is 6.56. The Morgan fingerprint density at radius 2 is 1.59 bits per heavy atom. The fourth-order valence-electron chi connectivity index (χ4n) is 3.31. The maximum atomic E-state index is 12.7. The molecule has 0 aliphatic carbocycles. The molecule has 2 fully saturated rings. The molecule has 0 unspecified atom stereocenters. The molecular formula is C15H28F3N3O. The number of rotatable bonds is 5. The summed E-state index contributed by atoms with van der Waals surface area (Å²) in [6.07, 6.45) is -3.87. The summed E-state index contributed by atoms with van der Waals surface area (Å²) in [7, 11) is 0. The first-order valence-corrected chi connectivity index (χ1v) is 8.19. The van der Waals surface area contributed by atoms with Crippen LogP contribution in [0.2, 0.25) is 0 Å². The Labute approximate surface area is 130 Å². The summed E-state index contributed by atoms with van der Waals surface area (Å²) in [5, 5.41) is 9.64. The molecule has 0 amide bonds. The average molecular weight is 323 g/mol. The van der Waals surface area contributed by atoms with E-state index < -0.39 is 11.8 Å². The largest absolute Gasteiger partial charge is 0.418 e. The predicted octanol–water partition coefficient (Wildman–Crippen LogP) is 1.40. The Kier molecular flexibility index (Phi) is 5.74. The average Bonchev–Trinajstić information content (AvgIpc) is 2.82. The van der Waals surface area contributed by atoms with Gasteiger partial charge in [-0.3, -0.25) is 9.80 Å². The summed E-state index contributed by atoms with van der Waals surface area (Å²) in [5.41, 5.74) is -2.50. The number of hydrogen-bond acceptors (Lipinski definition) is 4. The molecule has 0 radical (unpaired) electrons. The van der Waals surface area contributed by atoms with Crippen molar-refractivity contribution in [1.29, 1.82) is 0 Å². The second-order valence-electron chi connectivity index (χ2n) is 6.88. The van der Waals surface area contributed by atoms with E-state index in [2.05, 4.69) is 23.6 Å². The van der Waals surface area contributed by atoms with Gasteiger partial charge in [0.25, 0.3) is 0 Å². The van der Waals surface area contributed by atoms with Gasteiger partial charge in [0.05, 0.1) is 0 Å². The van der Waals surface area contributed by atoms with E-state index in [1.165, 1.54) is 0 Å². The number of β-amino-alcohol motifs (C(OH)–C–C–N with tert-alkyl or cyclic N) is 1. The second kappa shape index (κ2) is 7.03. The van der Waals surface area contributed by atoms with Crippen LogP contribution >= 0.6 is 0 Å². The molecule has 22 heavy (non-hydrogen) atoms. The Hall–Kier alpha value is -0.370. The Bertz CT molecular complexity index is 356. The number of likely N-dealkylation sites (tertiary alicyclic amines) is 1. The zero-order valence-electron chi connectivity index (χ0n) is 13.6. The summed E-state index contributed by atoms with van der Waals surface area (Å²) in [6, 6.07) is 0.576. The van der Waals surface area contributed by atoms with Crippen LogP contribution in [-0.2, 0) is 0 Å². The number of aliphatic hydroxyl groups is 1. The molecule has 7 heteroatoms. The molecular weight excluding hydrogens is 295 g/mol. The maximum absolute atomic E-state index is 12.7. The third-order valence-corrected chi connectivity index (χ3v) is 4.94. The lowest BCUT2D eigenvalue weighted by Crippen LogP contribution is -2.49. The molecule has 2 rings (SSSR count). The van der Waals surface area contributed by atoms with Crippen molar-refractivity contribution in [3.63, 3.8) is 0 Å². The minimum atomic E-state index is -4.52. The van der Waals surface area contributed by atoms with Crippen molar-refractivity contribution in [2.75, 3.05) is 52.4 Å². The summed E-state index contributed by atoms with van der Waals surface area (Å²) < 4.78 is 38.2. The van der Waals surface area contributed by atoms with Crippen LogP contribution in [0.1, 0.15) is 26.7 Å². The van der Waals surface area contributed by atoms with Crippen molar-refractivity contribution in [2.24, 2.45) is 0 Å². The van der Waals surface area contributed by atoms with Gasteiger partial charge in [-0.05, 0) is 39.8 Å². The molecule has 2 aliphatic rings. The molecule has 0 aromatic rings. The molecule has 4 nitrogen and oxygen atoms in total. The molecule has 130 valence electrons. The molecule has 2 heterocycles. The first-order valence-electron chi connectivity index (χ1n) is 8.19. The van der Waals surface area contributed by atoms with E-state index in [9.17, 15) is 18.3 Å². The zero-order valence-corrected chi connectivity index (χ0v) is 13.6. The lowest BCUT2D eigenvalue weighted by Gasteiger charge is -2.37. The SMILES string of the molecule is CC(C)N1CCN(CCCN2CC[C@@](O)(C(F)(F)F)C2)CC1. The van der Waals surface area contributed by atoms with E-state index >= 15 is 0 Å². The number of nitrogens with zero attached hydrogens (tertiary/aromatic N) is 3. The Morgan fingerprint density at radius 3 is 2.09 bits per heavy atom. The monoisotopic (exact) mass is 323 g/mol. The third-order valence-electron chi connectivity index (χ3n) is 4.94. The molecule has 0 saturated carbocycles. The quantitative estimate of drug-likeness (QED) is 0.828. The van der Waals surface area contributed by atoms with Gasteiger partial charge in [-0.25, -0.2) is 0 Å². The highest BCUT2D eigenvalue weighted by atomic mass is 19.4. The van der Waals surface area contributed by atoms with Crippen molar-refractivity contribution < 1.29 is 18.3 Å². The number of piperazine rings is 1. The van der Waals surface area contributed by atoms with Gasteiger partial charge in [0, 0.05) is 45.3 Å². The van der Waals surface area contributed by atoms with Crippen molar-refractivity contribution in [3.05, 3.63) is 0 Å². The van der Waals surface area contributed by atoms with Crippen LogP contribution in [0.4, 0.5) is 13.2 Å². The normalized spacial score (nSPS) is 29.6. The van der Waals surface area contributed by atoms with Gasteiger partial charge in [-0.15, -0.1) is 0 Å². The molecule has 2 saturated heterocycles. The first kappa shape index (κ1) is 18.0. The van der Waals surface area contributed by atoms with Gasteiger partial charge in [-0.1, -0.05) is 0 Å². The fraction of sp³-hybridized carbons (Fsp3) is 1.00. The van der Waals surface area contributed by atoms with Crippen LogP contribution in [0.15, 0.2) is 0 Å². The first-order chi connectivity index (χ1) is 10.2. The third kappa shape index (κ3) is 4.34. The molecule has 0 spiro atoms. The topological polar surface area (TPSA) is 30.0 Å². The molecule has 0 bridgehead atoms. The zero-order chi connectivity index (χ0) is 16.4. The second-order valence-corrected chi connectivity index (χ2v) is 6.88. The van der Waals surface area contributed by atoms with Gasteiger partial charge >= 0.3 is 6.18 Å². The smallest absolute Gasteiger partial charge is 0.379 e. The highest BCUT2D eigenvalue weighted by Crippen LogP contribution is 2.37. The van der Waals surface area contributed by atoms with Crippen LogP contribution in [0.5, 0.6) is 0 Å². The maximum Gasteiger partial charge on any atom is 0.418 e. The van der Waals surface area contributed by atoms with Crippen molar-refractivity contribution in [1.82, 2.24) is 14.7 Å². The van der Waals surface area contributed by atoms with Crippen LogP contribution in [0, 0.1) is 0 Å². The molecule has 0 aromatic carbocycles. The van der Waals surface area contributed by atoms with E-state index in [-0.39, 0.29) is 13.0 Å². The van der Waals surface area contributed by atoms with Crippen LogP contribution < -0.4 is 0 Å². The van der Waals surface area contributed by atoms with E-state index in [1.54, 1.807) is 4.90 Å². The van der Waals surface area contributed by atoms with Gasteiger partial charge in [0.15, 0.2) is 5.60 Å². The highest BCUT2D eigenvalue weighted by Gasteiger charge is 2.56. The van der Waals surface area contributed by atoms with Gasteiger partial charge in [-0.2, -0.15) is 13.2 Å². The Balaban J connectivity index is 1.64. The van der Waals surface area contributed by atoms with Crippen LogP contribution in [-0.4, -0.2) is 90.0 Å². The van der Waals surface area contributed by atoms with E-state index in [4.69, 9.17) is 0 Å². The van der Waals surface area contributed by atoms with Crippen LogP contribution in [0.3, 0.4) is 0 Å². The molecule has 0 aromatic heterocycles. The Morgan fingerprint density at radius 1 is 1.00 bits per heavy atom. The highest BCUT2D eigenvalue weighted by molar-refractivity contribution is 4.95.